The van der Waals surface area contributed by atoms with E-state index in [0.717, 1.165) is 6.07 Å². The third-order valence-corrected chi connectivity index (χ3v) is 2.19. The molecule has 1 atom stereocenters. The van der Waals surface area contributed by atoms with Crippen LogP contribution in [0.3, 0.4) is 0 Å². The maximum Gasteiger partial charge on any atom is 0.332 e. The minimum absolute atomic E-state index is 0.0281. The number of aliphatic carboxylic acids is 1. The summed E-state index contributed by atoms with van der Waals surface area (Å²) in [6, 6.07) is 1.08. The van der Waals surface area contributed by atoms with Crippen molar-refractivity contribution in [1.82, 2.24) is 15.3 Å². The molecule has 1 amide bonds. The van der Waals surface area contributed by atoms with Crippen LogP contribution in [0.5, 0.6) is 0 Å². The van der Waals surface area contributed by atoms with Crippen LogP contribution < -0.4 is 16.6 Å². The Labute approximate surface area is 106 Å². The Hall–Kier alpha value is -2.42. The molecular formula is C10H13N3O6. The molecule has 0 aliphatic carbocycles. The first-order valence-electron chi connectivity index (χ1n) is 5.38. The molecule has 0 bridgehead atoms. The fraction of sp³-hybridized carbons (Fsp3) is 0.400. The van der Waals surface area contributed by atoms with E-state index in [-0.39, 0.29) is 25.1 Å². The average molecular weight is 271 g/mol. The quantitative estimate of drug-likeness (QED) is 0.387. The highest BCUT2D eigenvalue weighted by molar-refractivity contribution is 5.78. The summed E-state index contributed by atoms with van der Waals surface area (Å²) in [4.78, 5) is 47.8. The molecule has 0 saturated carbocycles. The Morgan fingerprint density at radius 2 is 2.00 bits per heavy atom. The second kappa shape index (κ2) is 6.50. The summed E-state index contributed by atoms with van der Waals surface area (Å²) < 4.78 is 0. The van der Waals surface area contributed by atoms with Gasteiger partial charge in [-0.2, -0.15) is 0 Å². The molecule has 0 unspecified atom stereocenters. The first kappa shape index (κ1) is 14.6. The SMILES string of the molecule is O=C(Cc1cc(=O)[nH]c(=O)[nH]1)NCC[C@H](O)C(=O)O. The number of aromatic nitrogens is 2. The molecule has 104 valence electrons. The summed E-state index contributed by atoms with van der Waals surface area (Å²) in [6.07, 6.45) is -1.89. The van der Waals surface area contributed by atoms with E-state index in [0.29, 0.717) is 0 Å². The van der Waals surface area contributed by atoms with E-state index in [1.54, 1.807) is 0 Å². The molecule has 9 heteroatoms. The Balaban J connectivity index is 2.45. The normalized spacial score (nSPS) is 11.8. The second-order valence-electron chi connectivity index (χ2n) is 3.78. The molecule has 0 radical (unpaired) electrons. The zero-order valence-electron chi connectivity index (χ0n) is 9.80. The number of amides is 1. The van der Waals surface area contributed by atoms with E-state index in [1.165, 1.54) is 0 Å². The third-order valence-electron chi connectivity index (χ3n) is 2.19. The smallest absolute Gasteiger partial charge is 0.332 e. The minimum atomic E-state index is -1.54. The number of aliphatic hydroxyl groups is 1. The fourth-order valence-corrected chi connectivity index (χ4v) is 1.32. The molecule has 9 nitrogen and oxygen atoms in total. The van der Waals surface area contributed by atoms with E-state index >= 15 is 0 Å². The summed E-state index contributed by atoms with van der Waals surface area (Å²) in [6.45, 7) is -0.0281. The van der Waals surface area contributed by atoms with Crippen molar-refractivity contribution in [3.8, 4) is 0 Å². The van der Waals surface area contributed by atoms with Crippen LogP contribution in [-0.4, -0.2) is 44.7 Å². The topological polar surface area (TPSA) is 152 Å². The van der Waals surface area contributed by atoms with Crippen LogP contribution in [-0.2, 0) is 16.0 Å². The van der Waals surface area contributed by atoms with Crippen LogP contribution >= 0.6 is 0 Å². The number of aromatic amines is 2. The number of hydrogen-bond acceptors (Lipinski definition) is 5. The van der Waals surface area contributed by atoms with Crippen LogP contribution in [0.1, 0.15) is 12.1 Å². The van der Waals surface area contributed by atoms with Gasteiger partial charge in [0.25, 0.3) is 5.56 Å². The molecule has 0 saturated heterocycles. The maximum atomic E-state index is 11.4. The lowest BCUT2D eigenvalue weighted by Crippen LogP contribution is -2.32. The minimum Gasteiger partial charge on any atom is -0.479 e. The number of carbonyl (C=O) groups is 2. The number of carboxylic acid groups (broad SMARTS) is 1. The maximum absolute atomic E-state index is 11.4. The van der Waals surface area contributed by atoms with Gasteiger partial charge in [0, 0.05) is 24.7 Å². The summed E-state index contributed by atoms with van der Waals surface area (Å²) in [7, 11) is 0. The van der Waals surface area contributed by atoms with E-state index in [1.807, 2.05) is 4.98 Å². The molecule has 0 spiro atoms. The first-order valence-corrected chi connectivity index (χ1v) is 5.38. The van der Waals surface area contributed by atoms with Gasteiger partial charge in [0.1, 0.15) is 0 Å². The Morgan fingerprint density at radius 1 is 1.32 bits per heavy atom. The number of carbonyl (C=O) groups excluding carboxylic acids is 1. The van der Waals surface area contributed by atoms with Gasteiger partial charge in [-0.25, -0.2) is 9.59 Å². The van der Waals surface area contributed by atoms with Crippen LogP contribution in [0.25, 0.3) is 0 Å². The van der Waals surface area contributed by atoms with Gasteiger partial charge in [-0.1, -0.05) is 0 Å². The Morgan fingerprint density at radius 3 is 2.58 bits per heavy atom. The summed E-state index contributed by atoms with van der Waals surface area (Å²) in [5.74, 6) is -1.87. The van der Waals surface area contributed by atoms with Crippen molar-refractivity contribution in [2.45, 2.75) is 18.9 Å². The molecule has 0 fully saturated rings. The van der Waals surface area contributed by atoms with Crippen molar-refractivity contribution in [3.63, 3.8) is 0 Å². The molecule has 19 heavy (non-hydrogen) atoms. The Bertz CT molecular complexity index is 547. The molecular weight excluding hydrogens is 258 g/mol. The number of rotatable bonds is 6. The van der Waals surface area contributed by atoms with Gasteiger partial charge >= 0.3 is 11.7 Å². The lowest BCUT2D eigenvalue weighted by molar-refractivity contribution is -0.147. The molecule has 1 heterocycles. The summed E-state index contributed by atoms with van der Waals surface area (Å²) >= 11 is 0. The molecule has 0 aromatic carbocycles. The highest BCUT2D eigenvalue weighted by atomic mass is 16.4. The average Bonchev–Trinajstić information content (AvgIpc) is 2.26. The van der Waals surface area contributed by atoms with Crippen LogP contribution in [0.15, 0.2) is 15.7 Å². The monoisotopic (exact) mass is 271 g/mol. The number of carboxylic acids is 1. The van der Waals surface area contributed by atoms with Crippen molar-refractivity contribution < 1.29 is 19.8 Å². The van der Waals surface area contributed by atoms with Crippen LogP contribution in [0, 0.1) is 0 Å². The lowest BCUT2D eigenvalue weighted by atomic mass is 10.2. The standard InChI is InChI=1S/C10H13N3O6/c14-6(9(17)18)1-2-11-7(15)3-5-4-8(16)13-10(19)12-5/h4,6,14H,1-3H2,(H,11,15)(H,17,18)(H2,12,13,16,19)/t6-/m0/s1. The van der Waals surface area contributed by atoms with Gasteiger partial charge in [0.2, 0.25) is 5.91 Å². The molecule has 0 aliphatic rings. The lowest BCUT2D eigenvalue weighted by Gasteiger charge is -2.07. The first-order chi connectivity index (χ1) is 8.88. The van der Waals surface area contributed by atoms with Crippen molar-refractivity contribution in [2.24, 2.45) is 0 Å². The van der Waals surface area contributed by atoms with E-state index in [2.05, 4.69) is 10.3 Å². The highest BCUT2D eigenvalue weighted by Gasteiger charge is 2.13. The largest absolute Gasteiger partial charge is 0.479 e. The van der Waals surface area contributed by atoms with Gasteiger partial charge in [-0.05, 0) is 0 Å². The number of aliphatic hydroxyl groups excluding tert-OH is 1. The van der Waals surface area contributed by atoms with Gasteiger partial charge in [-0.3, -0.25) is 14.6 Å². The van der Waals surface area contributed by atoms with Crippen molar-refractivity contribution in [1.29, 1.82) is 0 Å². The van der Waals surface area contributed by atoms with Gasteiger partial charge in [0.05, 0.1) is 6.42 Å². The van der Waals surface area contributed by atoms with Crippen LogP contribution in [0.4, 0.5) is 0 Å². The van der Waals surface area contributed by atoms with Crippen LogP contribution in [0.2, 0.25) is 0 Å². The number of H-pyrrole nitrogens is 2. The molecule has 1 aromatic heterocycles. The molecule has 1 rings (SSSR count). The zero-order chi connectivity index (χ0) is 14.4. The number of nitrogens with one attached hydrogen (secondary N) is 3. The predicted octanol–water partition coefficient (Wildman–Crippen LogP) is -2.44. The van der Waals surface area contributed by atoms with E-state index in [4.69, 9.17) is 10.2 Å². The number of hydrogen-bond donors (Lipinski definition) is 5. The third kappa shape index (κ3) is 5.17. The predicted molar refractivity (Wildman–Crippen MR) is 62.7 cm³/mol. The molecule has 5 N–H and O–H groups in total. The van der Waals surface area contributed by atoms with Crippen molar-refractivity contribution in [3.05, 3.63) is 32.6 Å². The zero-order valence-corrected chi connectivity index (χ0v) is 9.80. The van der Waals surface area contributed by atoms with Gasteiger partial charge in [-0.15, -0.1) is 0 Å². The molecule has 0 aliphatic heterocycles. The van der Waals surface area contributed by atoms with E-state index < -0.39 is 29.2 Å². The van der Waals surface area contributed by atoms with Crippen molar-refractivity contribution in [2.75, 3.05) is 6.54 Å². The highest BCUT2D eigenvalue weighted by Crippen LogP contribution is 1.91. The summed E-state index contributed by atoms with van der Waals surface area (Å²) in [5.41, 5.74) is -1.19. The second-order valence-corrected chi connectivity index (χ2v) is 3.78. The Kier molecular flexibility index (Phi) is 5.01. The van der Waals surface area contributed by atoms with Crippen molar-refractivity contribution >= 4 is 11.9 Å². The summed E-state index contributed by atoms with van der Waals surface area (Å²) in [5, 5.41) is 19.7. The van der Waals surface area contributed by atoms with Gasteiger partial charge < -0.3 is 20.5 Å². The van der Waals surface area contributed by atoms with E-state index in [9.17, 15) is 19.2 Å². The van der Waals surface area contributed by atoms with Gasteiger partial charge in [0.15, 0.2) is 6.10 Å². The fourth-order valence-electron chi connectivity index (χ4n) is 1.32. The molecule has 1 aromatic rings.